The quantitative estimate of drug-likeness (QED) is 0.871. The van der Waals surface area contributed by atoms with E-state index in [9.17, 15) is 14.4 Å². The Balaban J connectivity index is 1.56. The smallest absolute Gasteiger partial charge is 0.410 e. The van der Waals surface area contributed by atoms with Gasteiger partial charge in [-0.1, -0.05) is 48.5 Å². The fourth-order valence-corrected chi connectivity index (χ4v) is 4.88. The van der Waals surface area contributed by atoms with Crippen molar-refractivity contribution < 1.29 is 19.1 Å². The minimum Gasteiger partial charge on any atom is -0.448 e. The molecule has 3 amide bonds. The molecule has 7 heteroatoms. The van der Waals surface area contributed by atoms with Gasteiger partial charge >= 0.3 is 6.09 Å². The molecular formula is C22H21N3O4. The van der Waals surface area contributed by atoms with E-state index in [-0.39, 0.29) is 18.4 Å². The second-order valence-corrected chi connectivity index (χ2v) is 7.66. The number of benzene rings is 2. The van der Waals surface area contributed by atoms with Gasteiger partial charge in [-0.2, -0.15) is 0 Å². The summed E-state index contributed by atoms with van der Waals surface area (Å²) in [6, 6.07) is 16.9. The van der Waals surface area contributed by atoms with Gasteiger partial charge in [0.1, 0.15) is 18.6 Å². The number of rotatable bonds is 3. The Bertz CT molecular complexity index is 993. The van der Waals surface area contributed by atoms with Gasteiger partial charge < -0.3 is 15.0 Å². The monoisotopic (exact) mass is 391 g/mol. The fourth-order valence-electron chi connectivity index (χ4n) is 4.88. The molecule has 0 aliphatic carbocycles. The molecule has 2 aromatic carbocycles. The Morgan fingerprint density at radius 3 is 2.59 bits per heavy atom. The molecule has 2 saturated heterocycles. The largest absolute Gasteiger partial charge is 0.448 e. The summed E-state index contributed by atoms with van der Waals surface area (Å²) in [6.45, 7) is 1.11. The molecule has 148 valence electrons. The maximum atomic E-state index is 13.3. The SMILES string of the molecule is O=C1OCCN1CC(=O)N1CC[C@]2(C(=O)Nc3ccccc32)[C@@H]1c1ccccc1. The van der Waals surface area contributed by atoms with Crippen LogP contribution >= 0.6 is 0 Å². The molecule has 3 aliphatic rings. The van der Waals surface area contributed by atoms with E-state index in [4.69, 9.17) is 4.74 Å². The van der Waals surface area contributed by atoms with Crippen LogP contribution in [-0.2, 0) is 19.7 Å². The van der Waals surface area contributed by atoms with Gasteiger partial charge in [0.15, 0.2) is 0 Å². The van der Waals surface area contributed by atoms with Crippen molar-refractivity contribution in [2.24, 2.45) is 0 Å². The Hall–Kier alpha value is -3.35. The average molecular weight is 391 g/mol. The topological polar surface area (TPSA) is 79.0 Å². The van der Waals surface area contributed by atoms with Crippen LogP contribution in [0.4, 0.5) is 10.5 Å². The van der Waals surface area contributed by atoms with Crippen LogP contribution in [-0.4, -0.2) is 53.9 Å². The number of amides is 3. The zero-order chi connectivity index (χ0) is 20.0. The van der Waals surface area contributed by atoms with Crippen molar-refractivity contribution in [2.45, 2.75) is 17.9 Å². The molecule has 3 heterocycles. The first-order valence-electron chi connectivity index (χ1n) is 9.78. The zero-order valence-electron chi connectivity index (χ0n) is 15.8. The summed E-state index contributed by atoms with van der Waals surface area (Å²) in [5.41, 5.74) is 1.80. The van der Waals surface area contributed by atoms with Gasteiger partial charge in [-0.25, -0.2) is 4.79 Å². The first kappa shape index (κ1) is 17.7. The number of nitrogens with one attached hydrogen (secondary N) is 1. The normalized spacial score (nSPS) is 25.3. The molecule has 1 N–H and O–H groups in total. The molecule has 5 rings (SSSR count). The highest BCUT2D eigenvalue weighted by Crippen LogP contribution is 2.54. The lowest BCUT2D eigenvalue weighted by atomic mass is 9.72. The number of carbonyl (C=O) groups is 3. The summed E-state index contributed by atoms with van der Waals surface area (Å²) < 4.78 is 4.95. The molecule has 7 nitrogen and oxygen atoms in total. The van der Waals surface area contributed by atoms with Gasteiger partial charge in [0, 0.05) is 12.2 Å². The Kier molecular flexibility index (Phi) is 4.04. The molecule has 0 radical (unpaired) electrons. The molecule has 2 aromatic rings. The van der Waals surface area contributed by atoms with E-state index in [1.807, 2.05) is 54.6 Å². The summed E-state index contributed by atoms with van der Waals surface area (Å²) in [4.78, 5) is 41.5. The number of hydrogen-bond acceptors (Lipinski definition) is 4. The third-order valence-corrected chi connectivity index (χ3v) is 6.19. The van der Waals surface area contributed by atoms with Crippen LogP contribution in [0.2, 0.25) is 0 Å². The van der Waals surface area contributed by atoms with E-state index in [2.05, 4.69) is 5.32 Å². The van der Waals surface area contributed by atoms with Crippen molar-refractivity contribution in [1.29, 1.82) is 0 Å². The van der Waals surface area contributed by atoms with Crippen LogP contribution in [0, 0.1) is 0 Å². The number of anilines is 1. The molecule has 29 heavy (non-hydrogen) atoms. The minimum atomic E-state index is -0.834. The van der Waals surface area contributed by atoms with E-state index in [1.54, 1.807) is 4.90 Å². The molecule has 2 fully saturated rings. The van der Waals surface area contributed by atoms with E-state index in [0.29, 0.717) is 26.1 Å². The van der Waals surface area contributed by atoms with Crippen molar-refractivity contribution in [3.05, 3.63) is 65.7 Å². The Labute approximate surface area is 168 Å². The van der Waals surface area contributed by atoms with Crippen LogP contribution in [0.25, 0.3) is 0 Å². The molecule has 0 bridgehead atoms. The lowest BCUT2D eigenvalue weighted by Crippen LogP contribution is -2.45. The van der Waals surface area contributed by atoms with Gasteiger partial charge in [-0.05, 0) is 23.6 Å². The summed E-state index contributed by atoms with van der Waals surface area (Å²) in [5, 5.41) is 3.01. The minimum absolute atomic E-state index is 0.0402. The second-order valence-electron chi connectivity index (χ2n) is 7.66. The number of likely N-dealkylation sites (tertiary alicyclic amines) is 1. The van der Waals surface area contributed by atoms with E-state index in [0.717, 1.165) is 16.8 Å². The third kappa shape index (κ3) is 2.61. The number of cyclic esters (lactones) is 1. The Morgan fingerprint density at radius 1 is 1.07 bits per heavy atom. The van der Waals surface area contributed by atoms with Gasteiger partial charge in [-0.3, -0.25) is 14.5 Å². The summed E-state index contributed by atoms with van der Waals surface area (Å²) in [6.07, 6.45) is 0.0680. The van der Waals surface area contributed by atoms with E-state index >= 15 is 0 Å². The van der Waals surface area contributed by atoms with Crippen LogP contribution in [0.15, 0.2) is 54.6 Å². The number of ether oxygens (including phenoxy) is 1. The van der Waals surface area contributed by atoms with Crippen molar-refractivity contribution in [1.82, 2.24) is 9.80 Å². The molecule has 1 spiro atoms. The highest BCUT2D eigenvalue weighted by Gasteiger charge is 2.59. The van der Waals surface area contributed by atoms with Crippen molar-refractivity contribution in [3.63, 3.8) is 0 Å². The van der Waals surface area contributed by atoms with Gasteiger partial charge in [0.05, 0.1) is 12.6 Å². The van der Waals surface area contributed by atoms with Crippen molar-refractivity contribution in [2.75, 3.05) is 31.6 Å². The molecule has 0 aromatic heterocycles. The van der Waals surface area contributed by atoms with Crippen molar-refractivity contribution in [3.8, 4) is 0 Å². The molecule has 0 saturated carbocycles. The molecule has 2 atom stereocenters. The van der Waals surface area contributed by atoms with Crippen LogP contribution in [0.1, 0.15) is 23.6 Å². The van der Waals surface area contributed by atoms with Crippen LogP contribution in [0.3, 0.4) is 0 Å². The number of carbonyl (C=O) groups excluding carboxylic acids is 3. The predicted molar refractivity (Wildman–Crippen MR) is 105 cm³/mol. The summed E-state index contributed by atoms with van der Waals surface area (Å²) in [5.74, 6) is -0.254. The lowest BCUT2D eigenvalue weighted by Gasteiger charge is -2.35. The summed E-state index contributed by atoms with van der Waals surface area (Å²) >= 11 is 0. The molecular weight excluding hydrogens is 370 g/mol. The van der Waals surface area contributed by atoms with Crippen LogP contribution in [0.5, 0.6) is 0 Å². The maximum Gasteiger partial charge on any atom is 0.410 e. The standard InChI is InChI=1S/C22H21N3O4/c26-18(14-24-12-13-29-21(24)28)25-11-10-22(19(25)15-6-2-1-3-7-15)16-8-4-5-9-17(16)23-20(22)27/h1-9,19H,10-14H2,(H,23,27)/t19-,22+/m0/s1. The number of nitrogens with zero attached hydrogens (tertiary/aromatic N) is 2. The van der Waals surface area contributed by atoms with E-state index < -0.39 is 17.6 Å². The Morgan fingerprint density at radius 2 is 1.83 bits per heavy atom. The zero-order valence-corrected chi connectivity index (χ0v) is 15.8. The maximum absolute atomic E-state index is 13.3. The van der Waals surface area contributed by atoms with Gasteiger partial charge in [-0.15, -0.1) is 0 Å². The van der Waals surface area contributed by atoms with Crippen LogP contribution < -0.4 is 5.32 Å². The highest BCUT2D eigenvalue weighted by atomic mass is 16.6. The van der Waals surface area contributed by atoms with E-state index in [1.165, 1.54) is 4.90 Å². The third-order valence-electron chi connectivity index (χ3n) is 6.19. The van der Waals surface area contributed by atoms with Gasteiger partial charge in [0.25, 0.3) is 0 Å². The first-order chi connectivity index (χ1) is 14.1. The van der Waals surface area contributed by atoms with Crippen molar-refractivity contribution >= 4 is 23.6 Å². The second kappa shape index (κ2) is 6.62. The molecule has 0 unspecified atom stereocenters. The number of hydrogen-bond donors (Lipinski definition) is 1. The first-order valence-corrected chi connectivity index (χ1v) is 9.78. The summed E-state index contributed by atoms with van der Waals surface area (Å²) in [7, 11) is 0. The molecule has 3 aliphatic heterocycles. The predicted octanol–water partition coefficient (Wildman–Crippen LogP) is 2.30. The number of fused-ring (bicyclic) bond motifs is 2. The number of para-hydroxylation sites is 1. The highest BCUT2D eigenvalue weighted by molar-refractivity contribution is 6.07. The lowest BCUT2D eigenvalue weighted by molar-refractivity contribution is -0.134. The fraction of sp³-hybridized carbons (Fsp3) is 0.318. The average Bonchev–Trinajstić information content (AvgIpc) is 3.41. The van der Waals surface area contributed by atoms with Gasteiger partial charge in [0.2, 0.25) is 11.8 Å².